The van der Waals surface area contributed by atoms with E-state index in [1.807, 2.05) is 12.1 Å². The van der Waals surface area contributed by atoms with E-state index in [1.165, 1.54) is 0 Å². The Morgan fingerprint density at radius 1 is 1.44 bits per heavy atom. The summed E-state index contributed by atoms with van der Waals surface area (Å²) in [5, 5.41) is 0. The maximum absolute atomic E-state index is 11.9. The van der Waals surface area contributed by atoms with Gasteiger partial charge in [-0.05, 0) is 18.2 Å². The predicted octanol–water partition coefficient (Wildman–Crippen LogP) is 0.776. The van der Waals surface area contributed by atoms with E-state index in [2.05, 4.69) is 0 Å². The van der Waals surface area contributed by atoms with Gasteiger partial charge >= 0.3 is 0 Å². The van der Waals surface area contributed by atoms with Gasteiger partial charge in [-0.1, -0.05) is 6.07 Å². The lowest BCUT2D eigenvalue weighted by Gasteiger charge is -2.10. The normalized spacial score (nSPS) is 14.4. The zero-order valence-electron chi connectivity index (χ0n) is 9.51. The number of methoxy groups -OCH3 is 2. The Kier molecular flexibility index (Phi) is 5.45. The Morgan fingerprint density at radius 3 is 2.81 bits per heavy atom. The quantitative estimate of drug-likeness (QED) is 0.802. The fourth-order valence-electron chi connectivity index (χ4n) is 1.30. The lowest BCUT2D eigenvalue weighted by molar-refractivity contribution is 0.186. The molecule has 2 unspecified atom stereocenters. The van der Waals surface area contributed by atoms with Crippen molar-refractivity contribution in [1.29, 1.82) is 0 Å². The molecule has 0 bridgehead atoms. The molecule has 0 saturated carbocycles. The number of rotatable bonds is 6. The Bertz CT molecular complexity index is 357. The maximum Gasteiger partial charge on any atom is 0.120 e. The summed E-state index contributed by atoms with van der Waals surface area (Å²) in [6.45, 7) is 0.412. The third-order valence-electron chi connectivity index (χ3n) is 2.05. The summed E-state index contributed by atoms with van der Waals surface area (Å²) in [7, 11) is 2.05. The molecule has 0 amide bonds. The Hall–Kier alpha value is -0.910. The predicted molar refractivity (Wildman–Crippen MR) is 64.1 cm³/mol. The highest BCUT2D eigenvalue weighted by molar-refractivity contribution is 7.85. The van der Waals surface area contributed by atoms with Crippen molar-refractivity contribution < 1.29 is 13.7 Å². The molecule has 0 aliphatic heterocycles. The molecule has 0 aromatic heterocycles. The van der Waals surface area contributed by atoms with Crippen LogP contribution in [0.3, 0.4) is 0 Å². The highest BCUT2D eigenvalue weighted by Crippen LogP contribution is 2.16. The van der Waals surface area contributed by atoms with Crippen LogP contribution in [0.15, 0.2) is 29.2 Å². The third kappa shape index (κ3) is 3.92. The molecular formula is C11H17NO3S. The highest BCUT2D eigenvalue weighted by atomic mass is 32.2. The van der Waals surface area contributed by atoms with Crippen LogP contribution in [0.25, 0.3) is 0 Å². The van der Waals surface area contributed by atoms with E-state index >= 15 is 0 Å². The first kappa shape index (κ1) is 13.2. The number of nitrogens with two attached hydrogens (primary N) is 1. The first-order valence-electron chi connectivity index (χ1n) is 4.94. The van der Waals surface area contributed by atoms with Crippen molar-refractivity contribution in [3.63, 3.8) is 0 Å². The average molecular weight is 243 g/mol. The summed E-state index contributed by atoms with van der Waals surface area (Å²) in [6, 6.07) is 6.98. The van der Waals surface area contributed by atoms with Crippen LogP contribution in [0.1, 0.15) is 0 Å². The zero-order valence-corrected chi connectivity index (χ0v) is 10.3. The molecule has 0 spiro atoms. The fourth-order valence-corrected chi connectivity index (χ4v) is 2.45. The van der Waals surface area contributed by atoms with E-state index in [4.69, 9.17) is 15.2 Å². The molecule has 4 nitrogen and oxygen atoms in total. The van der Waals surface area contributed by atoms with E-state index < -0.39 is 10.8 Å². The van der Waals surface area contributed by atoms with Crippen molar-refractivity contribution >= 4 is 10.8 Å². The number of hydrogen-bond donors (Lipinski definition) is 1. The summed E-state index contributed by atoms with van der Waals surface area (Å²) in [4.78, 5) is 0.728. The van der Waals surface area contributed by atoms with Gasteiger partial charge in [0.15, 0.2) is 0 Å². The van der Waals surface area contributed by atoms with Gasteiger partial charge in [-0.25, -0.2) is 0 Å². The molecule has 0 aliphatic carbocycles. The van der Waals surface area contributed by atoms with Gasteiger partial charge in [0.2, 0.25) is 0 Å². The number of ether oxygens (including phenoxy) is 2. The van der Waals surface area contributed by atoms with Crippen molar-refractivity contribution in [3.8, 4) is 5.75 Å². The van der Waals surface area contributed by atoms with Crippen LogP contribution in [0, 0.1) is 0 Å². The van der Waals surface area contributed by atoms with Crippen molar-refractivity contribution in [1.82, 2.24) is 0 Å². The molecule has 1 aromatic carbocycles. The van der Waals surface area contributed by atoms with Crippen LogP contribution < -0.4 is 10.5 Å². The van der Waals surface area contributed by atoms with E-state index in [0.717, 1.165) is 4.90 Å². The topological polar surface area (TPSA) is 61.5 Å². The second-order valence-electron chi connectivity index (χ2n) is 3.41. The molecule has 90 valence electrons. The Morgan fingerprint density at radius 2 is 2.19 bits per heavy atom. The highest BCUT2D eigenvalue weighted by Gasteiger charge is 2.10. The lowest BCUT2D eigenvalue weighted by Crippen LogP contribution is -2.31. The molecular weight excluding hydrogens is 226 g/mol. The van der Waals surface area contributed by atoms with Crippen molar-refractivity contribution in [2.24, 2.45) is 5.73 Å². The van der Waals surface area contributed by atoms with Crippen LogP contribution in [-0.2, 0) is 15.5 Å². The molecule has 1 aromatic rings. The van der Waals surface area contributed by atoms with Crippen LogP contribution in [0.4, 0.5) is 0 Å². The van der Waals surface area contributed by atoms with E-state index in [0.29, 0.717) is 18.1 Å². The maximum atomic E-state index is 11.9. The molecule has 0 aliphatic rings. The molecule has 2 atom stereocenters. The summed E-state index contributed by atoms with van der Waals surface area (Å²) in [6.07, 6.45) is 0. The summed E-state index contributed by atoms with van der Waals surface area (Å²) in [5.41, 5.74) is 5.74. The summed E-state index contributed by atoms with van der Waals surface area (Å²) < 4.78 is 21.9. The second-order valence-corrected chi connectivity index (χ2v) is 4.90. The van der Waals surface area contributed by atoms with E-state index in [-0.39, 0.29) is 6.04 Å². The standard InChI is InChI=1S/C11H17NO3S/c1-14-7-9(12)8-16(13)11-5-3-4-10(6-11)15-2/h3-6,9H,7-8,12H2,1-2H3. The molecule has 0 saturated heterocycles. The van der Waals surface area contributed by atoms with Crippen LogP contribution in [0.2, 0.25) is 0 Å². The zero-order chi connectivity index (χ0) is 12.0. The van der Waals surface area contributed by atoms with Gasteiger partial charge in [0.1, 0.15) is 5.75 Å². The van der Waals surface area contributed by atoms with Gasteiger partial charge in [-0.15, -0.1) is 0 Å². The average Bonchev–Trinajstić information content (AvgIpc) is 2.29. The van der Waals surface area contributed by atoms with E-state index in [1.54, 1.807) is 26.4 Å². The molecule has 0 fully saturated rings. The van der Waals surface area contributed by atoms with Gasteiger partial charge in [-0.3, -0.25) is 4.21 Å². The second kappa shape index (κ2) is 6.62. The molecule has 1 rings (SSSR count). The Balaban J connectivity index is 2.65. The van der Waals surface area contributed by atoms with Crippen LogP contribution in [0.5, 0.6) is 5.75 Å². The lowest BCUT2D eigenvalue weighted by atomic mass is 10.3. The summed E-state index contributed by atoms with van der Waals surface area (Å²) in [5.74, 6) is 1.09. The monoisotopic (exact) mass is 243 g/mol. The van der Waals surface area contributed by atoms with Crippen molar-refractivity contribution in [3.05, 3.63) is 24.3 Å². The van der Waals surface area contributed by atoms with Gasteiger partial charge in [0.05, 0.1) is 24.5 Å². The van der Waals surface area contributed by atoms with Crippen LogP contribution in [-0.4, -0.2) is 36.8 Å². The molecule has 0 radical (unpaired) electrons. The molecule has 16 heavy (non-hydrogen) atoms. The number of benzene rings is 1. The largest absolute Gasteiger partial charge is 0.497 e. The molecule has 5 heteroatoms. The van der Waals surface area contributed by atoms with Gasteiger partial charge in [-0.2, -0.15) is 0 Å². The van der Waals surface area contributed by atoms with Crippen molar-refractivity contribution in [2.45, 2.75) is 10.9 Å². The first-order valence-corrected chi connectivity index (χ1v) is 6.26. The smallest absolute Gasteiger partial charge is 0.120 e. The van der Waals surface area contributed by atoms with Gasteiger partial charge < -0.3 is 15.2 Å². The SMILES string of the molecule is COCC(N)CS(=O)c1cccc(OC)c1. The minimum atomic E-state index is -1.11. The fraction of sp³-hybridized carbons (Fsp3) is 0.455. The molecule has 0 heterocycles. The first-order chi connectivity index (χ1) is 7.67. The van der Waals surface area contributed by atoms with Gasteiger partial charge in [0.25, 0.3) is 0 Å². The van der Waals surface area contributed by atoms with E-state index in [9.17, 15) is 4.21 Å². The number of hydrogen-bond acceptors (Lipinski definition) is 4. The summed E-state index contributed by atoms with van der Waals surface area (Å²) >= 11 is 0. The van der Waals surface area contributed by atoms with Crippen molar-refractivity contribution in [2.75, 3.05) is 26.6 Å². The van der Waals surface area contributed by atoms with Gasteiger partial charge in [0, 0.05) is 23.8 Å². The minimum Gasteiger partial charge on any atom is -0.497 e. The third-order valence-corrected chi connectivity index (χ3v) is 3.56. The van der Waals surface area contributed by atoms with Crippen LogP contribution >= 0.6 is 0 Å². The Labute approximate surface area is 98.2 Å². The molecule has 2 N–H and O–H groups in total. The minimum absolute atomic E-state index is 0.211.